The van der Waals surface area contributed by atoms with Crippen molar-refractivity contribution in [2.45, 2.75) is 39.2 Å². The van der Waals surface area contributed by atoms with Crippen LogP contribution in [0, 0.1) is 5.92 Å². The topological polar surface area (TPSA) is 72.9 Å². The predicted octanol–water partition coefficient (Wildman–Crippen LogP) is 2.95. The standard InChI is InChI=1S/C19H25NO5/c1-2-24-18(22)16-10-6-12-20(13-7-11-17(16)21)19(23)25-14-15-8-4-3-5-9-15/h3-5,8-9,16H,2,6-7,10-14H2,1H3. The van der Waals surface area contributed by atoms with Crippen LogP contribution in [0.3, 0.4) is 0 Å². The first-order valence-electron chi connectivity index (χ1n) is 8.76. The molecule has 1 aliphatic rings. The van der Waals surface area contributed by atoms with E-state index in [1.165, 1.54) is 0 Å². The second-order valence-corrected chi connectivity index (χ2v) is 6.04. The van der Waals surface area contributed by atoms with Crippen molar-refractivity contribution in [2.75, 3.05) is 19.7 Å². The highest BCUT2D eigenvalue weighted by Gasteiger charge is 2.29. The molecule has 0 bridgehead atoms. The predicted molar refractivity (Wildman–Crippen MR) is 91.8 cm³/mol. The number of Topliss-reactive ketones (excluding diaryl/α,β-unsaturated/α-hetero) is 1. The van der Waals surface area contributed by atoms with Gasteiger partial charge in [-0.3, -0.25) is 9.59 Å². The van der Waals surface area contributed by atoms with Crippen LogP contribution in [0.4, 0.5) is 4.79 Å². The van der Waals surface area contributed by atoms with Gasteiger partial charge in [-0.1, -0.05) is 30.3 Å². The van der Waals surface area contributed by atoms with E-state index in [1.54, 1.807) is 11.8 Å². The third-order valence-electron chi connectivity index (χ3n) is 4.20. The summed E-state index contributed by atoms with van der Waals surface area (Å²) in [6.07, 6.45) is 1.38. The molecule has 6 heteroatoms. The molecule has 6 nitrogen and oxygen atoms in total. The third-order valence-corrected chi connectivity index (χ3v) is 4.20. The van der Waals surface area contributed by atoms with Crippen LogP contribution in [-0.4, -0.2) is 42.4 Å². The zero-order valence-electron chi connectivity index (χ0n) is 14.6. The van der Waals surface area contributed by atoms with Gasteiger partial charge in [0.25, 0.3) is 0 Å². The van der Waals surface area contributed by atoms with Crippen LogP contribution in [-0.2, 0) is 25.7 Å². The molecular weight excluding hydrogens is 322 g/mol. The Morgan fingerprint density at radius 3 is 2.56 bits per heavy atom. The van der Waals surface area contributed by atoms with Gasteiger partial charge in [0.2, 0.25) is 0 Å². The molecule has 0 spiro atoms. The number of amides is 1. The molecule has 136 valence electrons. The second kappa shape index (κ2) is 9.81. The maximum absolute atomic E-state index is 12.3. The number of esters is 1. The molecule has 1 aliphatic heterocycles. The molecule has 0 aromatic heterocycles. The average Bonchev–Trinajstić information content (AvgIpc) is 2.71. The normalized spacial score (nSPS) is 18.7. The van der Waals surface area contributed by atoms with Gasteiger partial charge < -0.3 is 14.4 Å². The van der Waals surface area contributed by atoms with Crippen LogP contribution < -0.4 is 0 Å². The second-order valence-electron chi connectivity index (χ2n) is 6.04. The molecule has 1 unspecified atom stereocenters. The summed E-state index contributed by atoms with van der Waals surface area (Å²) in [5, 5.41) is 0. The minimum absolute atomic E-state index is 0.0991. The fourth-order valence-corrected chi connectivity index (χ4v) is 2.86. The quantitative estimate of drug-likeness (QED) is 0.618. The van der Waals surface area contributed by atoms with E-state index in [2.05, 4.69) is 0 Å². The molecule has 0 saturated carbocycles. The number of benzene rings is 1. The Bertz CT molecular complexity index is 587. The molecule has 0 radical (unpaired) electrons. The maximum atomic E-state index is 12.3. The van der Waals surface area contributed by atoms with E-state index < -0.39 is 11.9 Å². The van der Waals surface area contributed by atoms with Gasteiger partial charge in [-0.15, -0.1) is 0 Å². The van der Waals surface area contributed by atoms with Crippen molar-refractivity contribution < 1.29 is 23.9 Å². The van der Waals surface area contributed by atoms with Gasteiger partial charge in [0.05, 0.1) is 6.61 Å². The number of hydrogen-bond donors (Lipinski definition) is 0. The number of ketones is 1. The third kappa shape index (κ3) is 5.89. The highest BCUT2D eigenvalue weighted by molar-refractivity contribution is 5.99. The molecule has 1 saturated heterocycles. The Labute approximate surface area is 148 Å². The summed E-state index contributed by atoms with van der Waals surface area (Å²) in [7, 11) is 0. The number of carbonyl (C=O) groups is 3. The maximum Gasteiger partial charge on any atom is 0.410 e. The summed E-state index contributed by atoms with van der Waals surface area (Å²) in [6.45, 7) is 3.13. The fourth-order valence-electron chi connectivity index (χ4n) is 2.86. The lowest BCUT2D eigenvalue weighted by atomic mass is 9.96. The van der Waals surface area contributed by atoms with Gasteiger partial charge in [0.1, 0.15) is 18.3 Å². The van der Waals surface area contributed by atoms with Crippen molar-refractivity contribution in [1.82, 2.24) is 4.90 Å². The Morgan fingerprint density at radius 1 is 1.12 bits per heavy atom. The van der Waals surface area contributed by atoms with E-state index in [0.29, 0.717) is 32.4 Å². The minimum Gasteiger partial charge on any atom is -0.465 e. The largest absolute Gasteiger partial charge is 0.465 e. The van der Waals surface area contributed by atoms with Crippen molar-refractivity contribution in [1.29, 1.82) is 0 Å². The number of carbonyl (C=O) groups excluding carboxylic acids is 3. The lowest BCUT2D eigenvalue weighted by Gasteiger charge is -2.21. The molecule has 25 heavy (non-hydrogen) atoms. The first kappa shape index (κ1) is 19.0. The average molecular weight is 347 g/mol. The van der Waals surface area contributed by atoms with Crippen LogP contribution in [0.25, 0.3) is 0 Å². The summed E-state index contributed by atoms with van der Waals surface area (Å²) >= 11 is 0. The van der Waals surface area contributed by atoms with Gasteiger partial charge >= 0.3 is 12.1 Å². The summed E-state index contributed by atoms with van der Waals surface area (Å²) in [5.74, 6) is -1.26. The van der Waals surface area contributed by atoms with Gasteiger partial charge in [-0.05, 0) is 31.7 Å². The molecule has 1 heterocycles. The van der Waals surface area contributed by atoms with E-state index in [0.717, 1.165) is 5.56 Å². The van der Waals surface area contributed by atoms with E-state index in [1.807, 2.05) is 30.3 Å². The van der Waals surface area contributed by atoms with Crippen molar-refractivity contribution in [3.05, 3.63) is 35.9 Å². The number of nitrogens with zero attached hydrogens (tertiary/aromatic N) is 1. The number of hydrogen-bond acceptors (Lipinski definition) is 5. The molecule has 0 N–H and O–H groups in total. The Morgan fingerprint density at radius 2 is 1.84 bits per heavy atom. The van der Waals surface area contributed by atoms with Crippen LogP contribution >= 0.6 is 0 Å². The first-order valence-corrected chi connectivity index (χ1v) is 8.76. The molecule has 1 amide bonds. The molecular formula is C19H25NO5. The Hall–Kier alpha value is -2.37. The van der Waals surface area contributed by atoms with Gasteiger partial charge in [-0.2, -0.15) is 0 Å². The summed E-state index contributed by atoms with van der Waals surface area (Å²) in [5.41, 5.74) is 0.928. The summed E-state index contributed by atoms with van der Waals surface area (Å²) in [4.78, 5) is 38.0. The highest BCUT2D eigenvalue weighted by Crippen LogP contribution is 2.18. The molecule has 1 atom stereocenters. The van der Waals surface area contributed by atoms with Gasteiger partial charge in [0, 0.05) is 19.5 Å². The molecule has 1 aromatic carbocycles. The van der Waals surface area contributed by atoms with E-state index >= 15 is 0 Å². The summed E-state index contributed by atoms with van der Waals surface area (Å²) < 4.78 is 10.3. The summed E-state index contributed by atoms with van der Waals surface area (Å²) in [6, 6.07) is 9.49. The SMILES string of the molecule is CCOC(=O)C1CCCN(C(=O)OCc2ccccc2)CCCC1=O. The van der Waals surface area contributed by atoms with Gasteiger partial charge in [-0.25, -0.2) is 4.79 Å². The first-order chi connectivity index (χ1) is 12.1. The molecule has 1 aromatic rings. The lowest BCUT2D eigenvalue weighted by molar-refractivity contribution is -0.151. The van der Waals surface area contributed by atoms with Crippen molar-refractivity contribution in [3.8, 4) is 0 Å². The molecule has 2 rings (SSSR count). The van der Waals surface area contributed by atoms with Crippen LogP contribution in [0.5, 0.6) is 0 Å². The molecule has 1 fully saturated rings. The Balaban J connectivity index is 1.88. The highest BCUT2D eigenvalue weighted by atomic mass is 16.6. The van der Waals surface area contributed by atoms with Crippen molar-refractivity contribution in [2.24, 2.45) is 5.92 Å². The van der Waals surface area contributed by atoms with Gasteiger partial charge in [0.15, 0.2) is 0 Å². The van der Waals surface area contributed by atoms with E-state index in [-0.39, 0.29) is 31.5 Å². The zero-order chi connectivity index (χ0) is 18.1. The number of ether oxygens (including phenoxy) is 2. The fraction of sp³-hybridized carbons (Fsp3) is 0.526. The van der Waals surface area contributed by atoms with E-state index in [9.17, 15) is 14.4 Å². The van der Waals surface area contributed by atoms with Crippen molar-refractivity contribution >= 4 is 17.8 Å². The Kier molecular flexibility index (Phi) is 7.44. The lowest BCUT2D eigenvalue weighted by Crippen LogP contribution is -2.33. The minimum atomic E-state index is -0.708. The van der Waals surface area contributed by atoms with Crippen LogP contribution in [0.15, 0.2) is 30.3 Å². The monoisotopic (exact) mass is 347 g/mol. The molecule has 0 aliphatic carbocycles. The van der Waals surface area contributed by atoms with Crippen LogP contribution in [0.1, 0.15) is 38.2 Å². The van der Waals surface area contributed by atoms with E-state index in [4.69, 9.17) is 9.47 Å². The van der Waals surface area contributed by atoms with Crippen molar-refractivity contribution in [3.63, 3.8) is 0 Å². The van der Waals surface area contributed by atoms with Crippen LogP contribution in [0.2, 0.25) is 0 Å². The zero-order valence-corrected chi connectivity index (χ0v) is 14.6. The smallest absolute Gasteiger partial charge is 0.410 e. The number of rotatable bonds is 4.